The van der Waals surface area contributed by atoms with Crippen LogP contribution < -0.4 is 11.1 Å². The van der Waals surface area contributed by atoms with E-state index in [2.05, 4.69) is 31.0 Å². The van der Waals surface area contributed by atoms with Crippen molar-refractivity contribution in [3.05, 3.63) is 71.3 Å². The number of carbonyl (C=O) groups is 1. The van der Waals surface area contributed by atoms with Gasteiger partial charge in [0.25, 0.3) is 5.91 Å². The lowest BCUT2D eigenvalue weighted by Crippen LogP contribution is -2.32. The minimum absolute atomic E-state index is 0. The number of amides is 1. The van der Waals surface area contributed by atoms with Crippen molar-refractivity contribution < 1.29 is 4.79 Å². The third-order valence-electron chi connectivity index (χ3n) is 4.45. The molecular weight excluding hydrogens is 381 g/mol. The number of nitrogens with zero attached hydrogens (tertiary/aromatic N) is 1. The molecule has 27 heavy (non-hydrogen) atoms. The predicted molar refractivity (Wildman–Crippen MR) is 118 cm³/mol. The minimum Gasteiger partial charge on any atom is -0.350 e. The van der Waals surface area contributed by atoms with Crippen LogP contribution in [0.4, 0.5) is 0 Å². The van der Waals surface area contributed by atoms with Crippen LogP contribution in [-0.2, 0) is 6.54 Å². The largest absolute Gasteiger partial charge is 0.350 e. The summed E-state index contributed by atoms with van der Waals surface area (Å²) in [4.78, 5) is 14.7. The smallest absolute Gasteiger partial charge is 0.251 e. The molecule has 0 aliphatic rings. The van der Waals surface area contributed by atoms with E-state index in [1.165, 1.54) is 5.56 Å². The predicted octanol–water partition coefficient (Wildman–Crippen LogP) is 4.19. The van der Waals surface area contributed by atoms with Gasteiger partial charge in [-0.25, -0.2) is 0 Å². The molecule has 0 saturated carbocycles. The van der Waals surface area contributed by atoms with Crippen molar-refractivity contribution in [3.63, 3.8) is 0 Å². The summed E-state index contributed by atoms with van der Waals surface area (Å²) in [6.45, 7) is 8.88. The monoisotopic (exact) mass is 411 g/mol. The van der Waals surface area contributed by atoms with Gasteiger partial charge in [0.15, 0.2) is 0 Å². The molecule has 4 nitrogen and oxygen atoms in total. The fraction of sp³-hybridized carbons (Fsp3) is 0.381. The zero-order valence-electron chi connectivity index (χ0n) is 16.2. The molecule has 3 N–H and O–H groups in total. The molecule has 150 valence electrons. The lowest BCUT2D eigenvalue weighted by molar-refractivity contribution is 0.0951. The number of hydrogen-bond donors (Lipinski definition) is 2. The number of hydrogen-bond acceptors (Lipinski definition) is 3. The van der Waals surface area contributed by atoms with Crippen molar-refractivity contribution in [3.8, 4) is 0 Å². The van der Waals surface area contributed by atoms with E-state index in [1.54, 1.807) is 0 Å². The summed E-state index contributed by atoms with van der Waals surface area (Å²) in [5.41, 5.74) is 9.02. The molecule has 0 radical (unpaired) electrons. The summed E-state index contributed by atoms with van der Waals surface area (Å²) >= 11 is 0. The lowest BCUT2D eigenvalue weighted by Gasteiger charge is -2.24. The van der Waals surface area contributed by atoms with Crippen LogP contribution in [0.5, 0.6) is 0 Å². The van der Waals surface area contributed by atoms with Crippen LogP contribution in [0.15, 0.2) is 54.6 Å². The molecule has 0 aliphatic heterocycles. The van der Waals surface area contributed by atoms with Gasteiger partial charge in [-0.15, -0.1) is 24.8 Å². The summed E-state index contributed by atoms with van der Waals surface area (Å²) in [7, 11) is 0. The van der Waals surface area contributed by atoms with E-state index >= 15 is 0 Å². The molecular formula is C21H31Cl2N3O. The van der Waals surface area contributed by atoms with E-state index in [-0.39, 0.29) is 36.8 Å². The van der Waals surface area contributed by atoms with Crippen LogP contribution >= 0.6 is 24.8 Å². The van der Waals surface area contributed by atoms with Crippen molar-refractivity contribution in [2.24, 2.45) is 5.73 Å². The molecule has 1 amide bonds. The Morgan fingerprint density at radius 1 is 1.04 bits per heavy atom. The molecule has 2 rings (SSSR count). The van der Waals surface area contributed by atoms with E-state index in [4.69, 9.17) is 5.73 Å². The first kappa shape index (κ1) is 25.4. The molecule has 0 bridgehead atoms. The van der Waals surface area contributed by atoms with Gasteiger partial charge in [0.1, 0.15) is 0 Å². The van der Waals surface area contributed by atoms with Gasteiger partial charge >= 0.3 is 0 Å². The Morgan fingerprint density at radius 2 is 1.63 bits per heavy atom. The van der Waals surface area contributed by atoms with E-state index in [9.17, 15) is 4.79 Å². The van der Waals surface area contributed by atoms with Gasteiger partial charge in [-0.2, -0.15) is 0 Å². The Labute approximate surface area is 175 Å². The first-order chi connectivity index (χ1) is 12.0. The average molecular weight is 412 g/mol. The van der Waals surface area contributed by atoms with E-state index in [0.717, 1.165) is 18.7 Å². The van der Waals surface area contributed by atoms with Gasteiger partial charge in [0.05, 0.1) is 0 Å². The molecule has 0 saturated heterocycles. The number of nitrogens with two attached hydrogens (primary N) is 1. The van der Waals surface area contributed by atoms with Gasteiger partial charge in [-0.3, -0.25) is 9.69 Å². The van der Waals surface area contributed by atoms with E-state index in [0.29, 0.717) is 18.2 Å². The Balaban J connectivity index is 0.00000338. The van der Waals surface area contributed by atoms with Gasteiger partial charge in [0, 0.05) is 30.7 Å². The maximum atomic E-state index is 12.3. The number of nitrogens with one attached hydrogen (secondary N) is 1. The lowest BCUT2D eigenvalue weighted by atomic mass is 10.1. The summed E-state index contributed by atoms with van der Waals surface area (Å²) in [5.74, 6) is -0.0888. The van der Waals surface area contributed by atoms with E-state index < -0.39 is 0 Å². The summed E-state index contributed by atoms with van der Waals surface area (Å²) in [6, 6.07) is 17.9. The molecule has 1 atom stereocenters. The molecule has 0 aromatic heterocycles. The zero-order chi connectivity index (χ0) is 18.2. The summed E-state index contributed by atoms with van der Waals surface area (Å²) in [6.07, 6.45) is 0. The van der Waals surface area contributed by atoms with Crippen molar-refractivity contribution in [2.45, 2.75) is 39.4 Å². The Bertz CT molecular complexity index is 663. The highest BCUT2D eigenvalue weighted by Gasteiger charge is 2.11. The fourth-order valence-electron chi connectivity index (χ4n) is 2.78. The first-order valence-corrected chi connectivity index (χ1v) is 8.93. The van der Waals surface area contributed by atoms with E-state index in [1.807, 2.05) is 54.6 Å². The van der Waals surface area contributed by atoms with Crippen molar-refractivity contribution in [2.75, 3.05) is 13.1 Å². The maximum absolute atomic E-state index is 12.3. The van der Waals surface area contributed by atoms with Gasteiger partial charge < -0.3 is 11.1 Å². The second kappa shape index (κ2) is 12.7. The van der Waals surface area contributed by atoms with Crippen LogP contribution in [-0.4, -0.2) is 29.9 Å². The molecule has 0 heterocycles. The zero-order valence-corrected chi connectivity index (χ0v) is 17.9. The summed E-state index contributed by atoms with van der Waals surface area (Å²) < 4.78 is 0. The first-order valence-electron chi connectivity index (χ1n) is 8.93. The highest BCUT2D eigenvalue weighted by Crippen LogP contribution is 2.11. The molecule has 0 aliphatic carbocycles. The SMILES string of the molecule is CCN(Cc1ccc(C(=O)NCC(N)c2ccccc2)cc1)C(C)C.Cl.Cl. The number of carbonyl (C=O) groups excluding carboxylic acids is 1. The van der Waals surface area contributed by atoms with Crippen LogP contribution in [0.2, 0.25) is 0 Å². The standard InChI is InChI=1S/C21H29N3O.2ClH/c1-4-24(16(2)3)15-17-10-12-19(13-11-17)21(25)23-14-20(22)18-8-6-5-7-9-18;;/h5-13,16,20H,4,14-15,22H2,1-3H3,(H,23,25);2*1H. The van der Waals surface area contributed by atoms with Crippen LogP contribution in [0, 0.1) is 0 Å². The van der Waals surface area contributed by atoms with Gasteiger partial charge in [-0.1, -0.05) is 49.4 Å². The minimum atomic E-state index is -0.200. The quantitative estimate of drug-likeness (QED) is 0.684. The second-order valence-electron chi connectivity index (χ2n) is 6.58. The number of benzene rings is 2. The van der Waals surface area contributed by atoms with Crippen molar-refractivity contribution in [1.82, 2.24) is 10.2 Å². The molecule has 1 unspecified atom stereocenters. The highest BCUT2D eigenvalue weighted by molar-refractivity contribution is 5.94. The molecule has 6 heteroatoms. The Kier molecular flexibility index (Phi) is 12.0. The average Bonchev–Trinajstić information content (AvgIpc) is 2.64. The molecule has 2 aromatic carbocycles. The number of halogens is 2. The normalized spacial score (nSPS) is 11.5. The maximum Gasteiger partial charge on any atom is 0.251 e. The number of rotatable bonds is 8. The Hall–Kier alpha value is -1.59. The third kappa shape index (κ3) is 7.89. The fourth-order valence-corrected chi connectivity index (χ4v) is 2.78. The molecule has 0 fully saturated rings. The highest BCUT2D eigenvalue weighted by atomic mass is 35.5. The summed E-state index contributed by atoms with van der Waals surface area (Å²) in [5, 5.41) is 2.91. The van der Waals surface area contributed by atoms with Crippen LogP contribution in [0.25, 0.3) is 0 Å². The topological polar surface area (TPSA) is 58.4 Å². The third-order valence-corrected chi connectivity index (χ3v) is 4.45. The van der Waals surface area contributed by atoms with Crippen molar-refractivity contribution >= 4 is 30.7 Å². The van der Waals surface area contributed by atoms with Crippen LogP contribution in [0.1, 0.15) is 48.3 Å². The molecule has 2 aromatic rings. The second-order valence-corrected chi connectivity index (χ2v) is 6.58. The van der Waals surface area contributed by atoms with Crippen molar-refractivity contribution in [1.29, 1.82) is 0 Å². The van der Waals surface area contributed by atoms with Gasteiger partial charge in [-0.05, 0) is 43.7 Å². The van der Waals surface area contributed by atoms with Gasteiger partial charge in [0.2, 0.25) is 0 Å². The molecule has 0 spiro atoms. The Morgan fingerprint density at radius 3 is 2.15 bits per heavy atom. The van der Waals surface area contributed by atoms with Crippen LogP contribution in [0.3, 0.4) is 0 Å².